The van der Waals surface area contributed by atoms with E-state index in [1.807, 2.05) is 33.0 Å². The quantitative estimate of drug-likeness (QED) is 0.297. The Morgan fingerprint density at radius 2 is 2.02 bits per heavy atom. The summed E-state index contributed by atoms with van der Waals surface area (Å²) in [6.45, 7) is 9.33. The summed E-state index contributed by atoms with van der Waals surface area (Å²) in [7, 11) is -1.05. The van der Waals surface area contributed by atoms with Gasteiger partial charge in [0.2, 0.25) is 0 Å². The van der Waals surface area contributed by atoms with E-state index in [0.717, 1.165) is 62.3 Å². The summed E-state index contributed by atoms with van der Waals surface area (Å²) in [6.07, 6.45) is 10.1. The molecule has 11 nitrogen and oxygen atoms in total. The van der Waals surface area contributed by atoms with Gasteiger partial charge in [0, 0.05) is 74.7 Å². The second-order valence-corrected chi connectivity index (χ2v) is 13.9. The van der Waals surface area contributed by atoms with Crippen LogP contribution in [0, 0.1) is 11.2 Å². The molecule has 4 heterocycles. The number of ether oxygens (including phenoxy) is 2. The molecule has 2 aromatic heterocycles. The number of nitrogens with one attached hydrogen (secondary N) is 2. The fourth-order valence-electron chi connectivity index (χ4n) is 6.97. The average Bonchev–Trinajstić information content (AvgIpc) is 2.99. The van der Waals surface area contributed by atoms with E-state index in [1.165, 1.54) is 24.5 Å². The Labute approximate surface area is 271 Å². The van der Waals surface area contributed by atoms with Crippen molar-refractivity contribution in [2.24, 2.45) is 5.41 Å². The summed E-state index contributed by atoms with van der Waals surface area (Å²) in [5.74, 6) is 1.41. The topological polar surface area (TPSA) is 122 Å². The van der Waals surface area contributed by atoms with Gasteiger partial charge in [0.05, 0.1) is 28.4 Å². The van der Waals surface area contributed by atoms with E-state index in [4.69, 9.17) is 9.47 Å². The van der Waals surface area contributed by atoms with Crippen LogP contribution in [0.2, 0.25) is 0 Å². The van der Waals surface area contributed by atoms with Crippen LogP contribution in [0.5, 0.6) is 17.2 Å². The number of nitrogens with zero attached hydrogens (tertiary/aromatic N) is 5. The summed E-state index contributed by atoms with van der Waals surface area (Å²) < 4.78 is 41.6. The van der Waals surface area contributed by atoms with Crippen LogP contribution in [0.15, 0.2) is 43.0 Å². The van der Waals surface area contributed by atoms with E-state index in [9.17, 15) is 13.4 Å². The molecule has 3 aliphatic rings. The van der Waals surface area contributed by atoms with E-state index in [1.54, 1.807) is 17.4 Å². The van der Waals surface area contributed by atoms with Crippen LogP contribution in [0.25, 0.3) is 0 Å². The van der Waals surface area contributed by atoms with Crippen LogP contribution < -0.4 is 24.4 Å². The predicted molar refractivity (Wildman–Crippen MR) is 174 cm³/mol. The monoisotopic (exact) mass is 651 g/mol. The molecule has 1 amide bonds. The molecular weight excluding hydrogens is 609 g/mol. The number of hydrogen-bond donors (Lipinski definition) is 2. The summed E-state index contributed by atoms with van der Waals surface area (Å²) in [5, 5.41) is 3.58. The normalized spacial score (nSPS) is 19.3. The Morgan fingerprint density at radius 1 is 1.22 bits per heavy atom. The third kappa shape index (κ3) is 6.72. The molecule has 6 rings (SSSR count). The predicted octanol–water partition coefficient (Wildman–Crippen LogP) is 4.18. The third-order valence-corrected chi connectivity index (χ3v) is 9.73. The molecule has 1 aliphatic carbocycles. The number of hydrogen-bond acceptors (Lipinski definition) is 9. The van der Waals surface area contributed by atoms with Crippen molar-refractivity contribution in [2.75, 3.05) is 43.9 Å². The van der Waals surface area contributed by atoms with Crippen molar-refractivity contribution < 1.29 is 22.9 Å². The van der Waals surface area contributed by atoms with Crippen LogP contribution in [-0.2, 0) is 17.4 Å². The summed E-state index contributed by atoms with van der Waals surface area (Å²) >= 11 is 0. The van der Waals surface area contributed by atoms with Crippen molar-refractivity contribution in [1.29, 1.82) is 0 Å². The minimum atomic E-state index is -1.05. The second kappa shape index (κ2) is 13.6. The highest BCUT2D eigenvalue weighted by Crippen LogP contribution is 2.52. The van der Waals surface area contributed by atoms with Crippen molar-refractivity contribution in [3.05, 3.63) is 65.6 Å². The van der Waals surface area contributed by atoms with E-state index >= 15 is 0 Å². The molecule has 46 heavy (non-hydrogen) atoms. The highest BCUT2D eigenvalue weighted by molar-refractivity contribution is 7.82. The lowest BCUT2D eigenvalue weighted by molar-refractivity contribution is -0.0351. The number of fused-ring (bicyclic) bond motifs is 1. The second-order valence-electron chi connectivity index (χ2n) is 12.7. The van der Waals surface area contributed by atoms with Crippen LogP contribution in [0.1, 0.15) is 67.7 Å². The molecular formula is C33H42FN7O4S. The summed E-state index contributed by atoms with van der Waals surface area (Å²) in [5.41, 5.74) is 2.47. The van der Waals surface area contributed by atoms with Crippen molar-refractivity contribution in [3.8, 4) is 17.2 Å². The van der Waals surface area contributed by atoms with Gasteiger partial charge in [-0.25, -0.2) is 23.3 Å². The molecule has 2 fully saturated rings. The fourth-order valence-corrected chi connectivity index (χ4v) is 7.37. The Morgan fingerprint density at radius 3 is 2.76 bits per heavy atom. The average molecular weight is 652 g/mol. The van der Waals surface area contributed by atoms with Crippen LogP contribution >= 0.6 is 0 Å². The molecule has 1 aromatic carbocycles. The first kappa shape index (κ1) is 32.3. The zero-order valence-corrected chi connectivity index (χ0v) is 27.6. The minimum Gasteiger partial charge on any atom is -0.490 e. The smallest absolute Gasteiger partial charge is 0.257 e. The number of carbonyl (C=O) groups excluding carboxylic acids is 1. The van der Waals surface area contributed by atoms with E-state index in [2.05, 4.69) is 29.9 Å². The Bertz CT molecular complexity index is 1590. The summed E-state index contributed by atoms with van der Waals surface area (Å²) in [6, 6.07) is 6.01. The molecule has 2 atom stereocenters. The standard InChI is InChI=1S/C33H42FN7O4S/c1-5-41(21(2)3)32(42)24-14-22(34)6-7-27(24)45-29-17-35-20-38-31(29)40-18-33(19-40)15-23(16-33)44-28-10-12-37-25-8-11-36-26(30(25)28)9-13-39-46(4)43/h6-7,10,12,14,17,20-21,23,26,36,39H,5,8-9,11,13,15-16,18-19H2,1-4H3. The van der Waals surface area contributed by atoms with Crippen molar-refractivity contribution in [3.63, 3.8) is 0 Å². The number of halogens is 1. The number of carbonyl (C=O) groups is 1. The van der Waals surface area contributed by atoms with Gasteiger partial charge in [-0.05, 0) is 64.3 Å². The van der Waals surface area contributed by atoms with Gasteiger partial charge in [0.15, 0.2) is 11.6 Å². The number of anilines is 1. The van der Waals surface area contributed by atoms with Gasteiger partial charge in [0.25, 0.3) is 5.91 Å². The molecule has 0 radical (unpaired) electrons. The molecule has 1 spiro atoms. The van der Waals surface area contributed by atoms with Crippen molar-refractivity contribution in [2.45, 2.75) is 64.6 Å². The zero-order valence-electron chi connectivity index (χ0n) is 26.8. The molecule has 2 unspecified atom stereocenters. The first-order valence-electron chi connectivity index (χ1n) is 15.9. The maximum absolute atomic E-state index is 14.3. The lowest BCUT2D eigenvalue weighted by atomic mass is 9.61. The number of rotatable bonds is 12. The third-order valence-electron chi connectivity index (χ3n) is 9.11. The lowest BCUT2D eigenvalue weighted by Gasteiger charge is -2.59. The Kier molecular flexibility index (Phi) is 9.53. The van der Waals surface area contributed by atoms with Gasteiger partial charge in [-0.2, -0.15) is 0 Å². The largest absolute Gasteiger partial charge is 0.490 e. The molecule has 246 valence electrons. The number of amides is 1. The molecule has 3 aromatic rings. The molecule has 1 saturated carbocycles. The van der Waals surface area contributed by atoms with Crippen molar-refractivity contribution >= 4 is 22.7 Å². The molecule has 2 aliphatic heterocycles. The number of aromatic nitrogens is 3. The fraction of sp³-hybridized carbons (Fsp3) is 0.515. The number of benzene rings is 1. The minimum absolute atomic E-state index is 0.0463. The first-order chi connectivity index (χ1) is 22.2. The van der Waals surface area contributed by atoms with E-state index in [-0.39, 0.29) is 40.8 Å². The summed E-state index contributed by atoms with van der Waals surface area (Å²) in [4.78, 5) is 30.5. The van der Waals surface area contributed by atoms with Gasteiger partial charge in [-0.15, -0.1) is 0 Å². The maximum atomic E-state index is 14.3. The SMILES string of the molecule is CCN(C(=O)c1cc(F)ccc1Oc1cncnc1N1CC2(CC(Oc3ccnc4c3C(CCNS(C)=O)NCC4)C2)C1)C(C)C. The Hall–Kier alpha value is -3.68. The molecule has 13 heteroatoms. The first-order valence-corrected chi connectivity index (χ1v) is 17.5. The highest BCUT2D eigenvalue weighted by Gasteiger charge is 2.54. The number of pyridine rings is 1. The molecule has 1 saturated heterocycles. The maximum Gasteiger partial charge on any atom is 0.257 e. The highest BCUT2D eigenvalue weighted by atomic mass is 32.2. The van der Waals surface area contributed by atoms with E-state index < -0.39 is 16.8 Å². The van der Waals surface area contributed by atoms with Gasteiger partial charge >= 0.3 is 0 Å². The van der Waals surface area contributed by atoms with Crippen LogP contribution in [0.4, 0.5) is 10.2 Å². The molecule has 0 bridgehead atoms. The lowest BCUT2D eigenvalue weighted by Crippen LogP contribution is -2.65. The van der Waals surface area contributed by atoms with Gasteiger partial charge in [0.1, 0.15) is 29.7 Å². The van der Waals surface area contributed by atoms with Gasteiger partial charge < -0.3 is 24.6 Å². The van der Waals surface area contributed by atoms with Crippen LogP contribution in [0.3, 0.4) is 0 Å². The Balaban J connectivity index is 1.10. The van der Waals surface area contributed by atoms with Gasteiger partial charge in [-0.3, -0.25) is 9.78 Å². The van der Waals surface area contributed by atoms with Gasteiger partial charge in [-0.1, -0.05) is 0 Å². The van der Waals surface area contributed by atoms with Crippen molar-refractivity contribution in [1.82, 2.24) is 29.9 Å². The zero-order chi connectivity index (χ0) is 32.4. The van der Waals surface area contributed by atoms with E-state index in [0.29, 0.717) is 24.7 Å². The molecule has 2 N–H and O–H groups in total. The van der Waals surface area contributed by atoms with Crippen LogP contribution in [-0.4, -0.2) is 81.1 Å².